The summed E-state index contributed by atoms with van der Waals surface area (Å²) in [6.07, 6.45) is -3.36. The van der Waals surface area contributed by atoms with Gasteiger partial charge in [0.25, 0.3) is 5.82 Å². The fourth-order valence-corrected chi connectivity index (χ4v) is 3.06. The molecular formula is C11H10F3N4OS+. The lowest BCUT2D eigenvalue weighted by Gasteiger charge is -2.24. The monoisotopic (exact) mass is 303 g/mol. The van der Waals surface area contributed by atoms with Gasteiger partial charge in [0.2, 0.25) is 0 Å². The molecule has 106 valence electrons. The second-order valence-electron chi connectivity index (χ2n) is 4.31. The van der Waals surface area contributed by atoms with Gasteiger partial charge in [-0.2, -0.15) is 18.2 Å². The number of carbonyl (C=O) groups is 1. The number of aliphatic imine (C=N–C) groups is 1. The Morgan fingerprint density at radius 3 is 2.85 bits per heavy atom. The summed E-state index contributed by atoms with van der Waals surface area (Å²) in [5, 5.41) is 2.32. The average Bonchev–Trinajstić information content (AvgIpc) is 2.93. The first-order chi connectivity index (χ1) is 9.44. The first-order valence-electron chi connectivity index (χ1n) is 5.80. The Balaban J connectivity index is 2.03. The standard InChI is InChI=1S/C11H9F3N4OS/c12-11(13,14)10(16-7-3-1-2-4-15-7)8(19)18-5-6-20-9(18)17-10/h1-4H,5-6H2,(H,15,16)/p+1/t10-/m0/s1. The molecule has 1 atom stereocenters. The number of H-pyrrole nitrogens is 1. The maximum absolute atomic E-state index is 13.4. The van der Waals surface area contributed by atoms with Crippen molar-refractivity contribution in [1.82, 2.24) is 4.90 Å². The van der Waals surface area contributed by atoms with E-state index < -0.39 is 17.7 Å². The summed E-state index contributed by atoms with van der Waals surface area (Å²) in [5.41, 5.74) is -2.94. The van der Waals surface area contributed by atoms with Gasteiger partial charge in [-0.1, -0.05) is 17.8 Å². The number of amidine groups is 1. The molecule has 3 heterocycles. The van der Waals surface area contributed by atoms with E-state index in [2.05, 4.69) is 15.3 Å². The smallest absolute Gasteiger partial charge is 0.284 e. The molecule has 9 heteroatoms. The van der Waals surface area contributed by atoms with E-state index in [-0.39, 0.29) is 17.5 Å². The molecule has 1 aromatic heterocycles. The first kappa shape index (κ1) is 13.2. The van der Waals surface area contributed by atoms with Crippen molar-refractivity contribution >= 4 is 28.7 Å². The second kappa shape index (κ2) is 4.37. The topological polar surface area (TPSA) is 58.8 Å². The highest BCUT2D eigenvalue weighted by Crippen LogP contribution is 2.42. The van der Waals surface area contributed by atoms with Gasteiger partial charge < -0.3 is 0 Å². The second-order valence-corrected chi connectivity index (χ2v) is 5.37. The van der Waals surface area contributed by atoms with Crippen molar-refractivity contribution in [3.05, 3.63) is 24.4 Å². The predicted octanol–water partition coefficient (Wildman–Crippen LogP) is 1.12. The van der Waals surface area contributed by atoms with Crippen LogP contribution in [0.3, 0.4) is 0 Å². The van der Waals surface area contributed by atoms with E-state index in [1.165, 1.54) is 12.3 Å². The lowest BCUT2D eigenvalue weighted by atomic mass is 10.1. The van der Waals surface area contributed by atoms with Gasteiger partial charge in [-0.05, 0) is 6.07 Å². The number of amides is 1. The summed E-state index contributed by atoms with van der Waals surface area (Å²) >= 11 is 1.15. The van der Waals surface area contributed by atoms with E-state index in [9.17, 15) is 18.0 Å². The molecule has 0 bridgehead atoms. The summed E-state index contributed by atoms with van der Waals surface area (Å²) < 4.78 is 40.3. The zero-order chi connectivity index (χ0) is 14.4. The number of fused-ring (bicyclic) bond motifs is 1. The van der Waals surface area contributed by atoms with Gasteiger partial charge in [-0.25, -0.2) is 10.3 Å². The zero-order valence-corrected chi connectivity index (χ0v) is 10.9. The third-order valence-corrected chi connectivity index (χ3v) is 3.99. The molecule has 1 saturated heterocycles. The van der Waals surface area contributed by atoms with E-state index in [4.69, 9.17) is 0 Å². The van der Waals surface area contributed by atoms with Crippen LogP contribution in [0.5, 0.6) is 0 Å². The predicted molar refractivity (Wildman–Crippen MR) is 67.0 cm³/mol. The van der Waals surface area contributed by atoms with E-state index in [0.717, 1.165) is 16.7 Å². The minimum atomic E-state index is -4.83. The molecule has 5 nitrogen and oxygen atoms in total. The Morgan fingerprint density at radius 2 is 2.25 bits per heavy atom. The van der Waals surface area contributed by atoms with Gasteiger partial charge in [0.15, 0.2) is 5.17 Å². The zero-order valence-electron chi connectivity index (χ0n) is 10.1. The van der Waals surface area contributed by atoms with Crippen LogP contribution in [0.25, 0.3) is 0 Å². The molecule has 0 radical (unpaired) electrons. The number of alkyl halides is 3. The van der Waals surface area contributed by atoms with Gasteiger partial charge >= 0.3 is 17.7 Å². The molecule has 1 fully saturated rings. The first-order valence-corrected chi connectivity index (χ1v) is 6.79. The maximum Gasteiger partial charge on any atom is 0.464 e. The molecule has 3 rings (SSSR count). The third kappa shape index (κ3) is 1.84. The molecule has 2 aliphatic heterocycles. The van der Waals surface area contributed by atoms with E-state index in [1.54, 1.807) is 12.1 Å². The van der Waals surface area contributed by atoms with Gasteiger partial charge in [0, 0.05) is 18.4 Å². The van der Waals surface area contributed by atoms with Crippen molar-refractivity contribution in [2.75, 3.05) is 17.6 Å². The molecule has 0 unspecified atom stereocenters. The van der Waals surface area contributed by atoms with E-state index in [1.807, 2.05) is 0 Å². The Hall–Kier alpha value is -1.77. The van der Waals surface area contributed by atoms with Crippen molar-refractivity contribution in [2.24, 2.45) is 4.99 Å². The third-order valence-electron chi connectivity index (χ3n) is 3.03. The Bertz CT molecular complexity index is 577. The van der Waals surface area contributed by atoms with Crippen LogP contribution in [0.15, 0.2) is 29.4 Å². The normalized spacial score (nSPS) is 25.6. The van der Waals surface area contributed by atoms with Crippen LogP contribution in [-0.2, 0) is 4.79 Å². The number of pyridine rings is 1. The highest BCUT2D eigenvalue weighted by Gasteiger charge is 2.70. The van der Waals surface area contributed by atoms with Crippen molar-refractivity contribution < 1.29 is 22.9 Å². The largest absolute Gasteiger partial charge is 0.464 e. The maximum atomic E-state index is 13.4. The van der Waals surface area contributed by atoms with Crippen LogP contribution < -0.4 is 10.3 Å². The number of nitrogens with zero attached hydrogens (tertiary/aromatic N) is 2. The summed E-state index contributed by atoms with van der Waals surface area (Å²) in [6.45, 7) is 0.250. The average molecular weight is 303 g/mol. The quantitative estimate of drug-likeness (QED) is 0.890. The number of halogens is 3. The number of rotatable bonds is 2. The van der Waals surface area contributed by atoms with E-state index in [0.29, 0.717) is 5.75 Å². The lowest BCUT2D eigenvalue weighted by molar-refractivity contribution is -0.362. The molecular weight excluding hydrogens is 293 g/mol. The fourth-order valence-electron chi connectivity index (χ4n) is 2.07. The number of thioether (sulfide) groups is 1. The number of hydrogen-bond acceptors (Lipinski definition) is 4. The molecule has 1 amide bonds. The number of aromatic nitrogens is 1. The summed E-state index contributed by atoms with van der Waals surface area (Å²) in [5.74, 6) is -0.438. The van der Waals surface area contributed by atoms with Crippen LogP contribution in [-0.4, -0.2) is 40.1 Å². The van der Waals surface area contributed by atoms with Gasteiger partial charge in [0.05, 0.1) is 6.20 Å². The summed E-state index contributed by atoms with van der Waals surface area (Å²) in [7, 11) is 0. The summed E-state index contributed by atoms with van der Waals surface area (Å²) in [4.78, 5) is 19.5. The molecule has 2 aliphatic rings. The van der Waals surface area contributed by atoms with E-state index >= 15 is 0 Å². The molecule has 20 heavy (non-hydrogen) atoms. The Morgan fingerprint density at radius 1 is 1.45 bits per heavy atom. The van der Waals surface area contributed by atoms with Crippen LogP contribution in [0, 0.1) is 0 Å². The Kier molecular flexibility index (Phi) is 2.89. The number of carbonyl (C=O) groups excluding carboxylic acids is 1. The molecule has 0 saturated carbocycles. The van der Waals surface area contributed by atoms with Crippen molar-refractivity contribution in [1.29, 1.82) is 0 Å². The Labute approximate surface area is 116 Å². The molecule has 2 N–H and O–H groups in total. The SMILES string of the molecule is O=C1N2CCSC2=N[C@]1(Nc1cccc[nH+]1)C(F)(F)F. The van der Waals surface area contributed by atoms with Crippen LogP contribution >= 0.6 is 11.8 Å². The highest BCUT2D eigenvalue weighted by atomic mass is 32.2. The minimum Gasteiger partial charge on any atom is -0.284 e. The molecule has 0 aliphatic carbocycles. The summed E-state index contributed by atoms with van der Waals surface area (Å²) in [6, 6.07) is 4.60. The molecule has 1 aromatic rings. The molecule has 0 aromatic carbocycles. The van der Waals surface area contributed by atoms with Crippen LogP contribution in [0.2, 0.25) is 0 Å². The van der Waals surface area contributed by atoms with Gasteiger partial charge in [-0.15, -0.1) is 0 Å². The lowest BCUT2D eigenvalue weighted by Crippen LogP contribution is -2.58. The van der Waals surface area contributed by atoms with Crippen molar-refractivity contribution in [3.8, 4) is 0 Å². The number of anilines is 1. The number of aromatic amines is 1. The van der Waals surface area contributed by atoms with Gasteiger partial charge in [0.1, 0.15) is 0 Å². The highest BCUT2D eigenvalue weighted by molar-refractivity contribution is 8.14. The van der Waals surface area contributed by atoms with Crippen molar-refractivity contribution in [3.63, 3.8) is 0 Å². The van der Waals surface area contributed by atoms with Gasteiger partial charge in [-0.3, -0.25) is 9.69 Å². The number of nitrogens with one attached hydrogen (secondary N) is 2. The fraction of sp³-hybridized carbons (Fsp3) is 0.364. The molecule has 0 spiro atoms. The van der Waals surface area contributed by atoms with Crippen molar-refractivity contribution in [2.45, 2.75) is 11.8 Å². The van der Waals surface area contributed by atoms with Crippen LogP contribution in [0.1, 0.15) is 0 Å². The number of hydrogen-bond donors (Lipinski definition) is 1. The minimum absolute atomic E-state index is 0.0775. The van der Waals surface area contributed by atoms with Crippen LogP contribution in [0.4, 0.5) is 19.0 Å².